The number of piperidine rings is 1. The molecule has 0 aliphatic carbocycles. The molecule has 2 aromatic carbocycles. The molecule has 27 heavy (non-hydrogen) atoms. The number of nitrogens with zero attached hydrogens (tertiary/aromatic N) is 1. The molecule has 0 spiro atoms. The van der Waals surface area contributed by atoms with Crippen LogP contribution in [0.2, 0.25) is 0 Å². The largest absolute Gasteiger partial charge is 0.497 e. The number of ether oxygens (including phenoxy) is 2. The van der Waals surface area contributed by atoms with Crippen molar-refractivity contribution in [1.29, 1.82) is 0 Å². The van der Waals surface area contributed by atoms with E-state index in [0.717, 1.165) is 0 Å². The third kappa shape index (κ3) is 4.40. The van der Waals surface area contributed by atoms with Crippen LogP contribution >= 0.6 is 0 Å². The van der Waals surface area contributed by atoms with E-state index in [2.05, 4.69) is 0 Å². The lowest BCUT2D eigenvalue weighted by Gasteiger charge is -2.29. The van der Waals surface area contributed by atoms with E-state index in [9.17, 15) is 13.2 Å². The van der Waals surface area contributed by atoms with Gasteiger partial charge < -0.3 is 14.6 Å². The van der Waals surface area contributed by atoms with Crippen molar-refractivity contribution in [3.8, 4) is 17.2 Å². The minimum Gasteiger partial charge on any atom is -0.497 e. The summed E-state index contributed by atoms with van der Waals surface area (Å²) in [4.78, 5) is 11.3. The molecule has 8 heteroatoms. The highest BCUT2D eigenvalue weighted by molar-refractivity contribution is 7.89. The highest BCUT2D eigenvalue weighted by atomic mass is 32.2. The van der Waals surface area contributed by atoms with Gasteiger partial charge in [-0.2, -0.15) is 4.31 Å². The second-order valence-electron chi connectivity index (χ2n) is 6.29. The molecule has 0 radical (unpaired) electrons. The minimum absolute atomic E-state index is 0.00175. The van der Waals surface area contributed by atoms with Crippen LogP contribution < -0.4 is 9.47 Å². The first-order valence-electron chi connectivity index (χ1n) is 8.55. The first kappa shape index (κ1) is 19.2. The summed E-state index contributed by atoms with van der Waals surface area (Å²) in [5, 5.41) is 9.16. The predicted octanol–water partition coefficient (Wildman–Crippen LogP) is 2.97. The van der Waals surface area contributed by atoms with Crippen molar-refractivity contribution in [3.63, 3.8) is 0 Å². The van der Waals surface area contributed by atoms with E-state index >= 15 is 0 Å². The third-order valence-electron chi connectivity index (χ3n) is 4.49. The zero-order valence-corrected chi connectivity index (χ0v) is 15.7. The normalized spacial score (nSPS) is 18.0. The van der Waals surface area contributed by atoms with Gasteiger partial charge in [0.2, 0.25) is 10.0 Å². The first-order chi connectivity index (χ1) is 12.9. The molecular formula is C19H21NO6S. The van der Waals surface area contributed by atoms with Gasteiger partial charge in [0.25, 0.3) is 0 Å². The summed E-state index contributed by atoms with van der Waals surface area (Å²) in [5.41, 5.74) is 0. The van der Waals surface area contributed by atoms with Gasteiger partial charge in [0.05, 0.1) is 17.9 Å². The van der Waals surface area contributed by atoms with Crippen molar-refractivity contribution < 1.29 is 27.8 Å². The van der Waals surface area contributed by atoms with E-state index in [-0.39, 0.29) is 11.4 Å². The first-order valence-corrected chi connectivity index (χ1v) is 9.99. The molecule has 7 nitrogen and oxygen atoms in total. The molecule has 1 unspecified atom stereocenters. The Balaban J connectivity index is 1.72. The topological polar surface area (TPSA) is 93.1 Å². The average Bonchev–Trinajstić information content (AvgIpc) is 2.69. The van der Waals surface area contributed by atoms with Crippen LogP contribution in [0.15, 0.2) is 53.4 Å². The number of aliphatic carboxylic acids is 1. The molecule has 1 heterocycles. The molecule has 0 amide bonds. The van der Waals surface area contributed by atoms with E-state index in [1.54, 1.807) is 43.5 Å². The lowest BCUT2D eigenvalue weighted by Crippen LogP contribution is -2.42. The van der Waals surface area contributed by atoms with Crippen LogP contribution in [0.3, 0.4) is 0 Å². The van der Waals surface area contributed by atoms with Gasteiger partial charge >= 0.3 is 5.97 Å². The number of carboxylic acid groups (broad SMARTS) is 1. The van der Waals surface area contributed by atoms with Gasteiger partial charge in [0, 0.05) is 13.1 Å². The second kappa shape index (κ2) is 7.98. The van der Waals surface area contributed by atoms with Crippen LogP contribution in [-0.2, 0) is 14.8 Å². The van der Waals surface area contributed by atoms with Gasteiger partial charge in [-0.25, -0.2) is 8.42 Å². The van der Waals surface area contributed by atoms with Gasteiger partial charge in [-0.05, 0) is 61.4 Å². The van der Waals surface area contributed by atoms with Gasteiger partial charge in [-0.3, -0.25) is 4.79 Å². The lowest BCUT2D eigenvalue weighted by atomic mass is 10.0. The summed E-state index contributed by atoms with van der Waals surface area (Å²) in [6, 6.07) is 13.1. The quantitative estimate of drug-likeness (QED) is 0.814. The Morgan fingerprint density at radius 3 is 2.15 bits per heavy atom. The number of carboxylic acids is 1. The predicted molar refractivity (Wildman–Crippen MR) is 98.6 cm³/mol. The molecule has 3 rings (SSSR count). The summed E-state index contributed by atoms with van der Waals surface area (Å²) < 4.78 is 37.6. The van der Waals surface area contributed by atoms with Crippen LogP contribution in [0, 0.1) is 5.92 Å². The number of rotatable bonds is 6. The molecule has 1 saturated heterocycles. The van der Waals surface area contributed by atoms with Crippen molar-refractivity contribution >= 4 is 16.0 Å². The van der Waals surface area contributed by atoms with Crippen LogP contribution in [0.4, 0.5) is 0 Å². The van der Waals surface area contributed by atoms with Crippen molar-refractivity contribution in [1.82, 2.24) is 4.31 Å². The number of benzene rings is 2. The molecule has 0 saturated carbocycles. The number of carbonyl (C=O) groups is 1. The Hall–Kier alpha value is -2.58. The molecular weight excluding hydrogens is 370 g/mol. The van der Waals surface area contributed by atoms with E-state index in [4.69, 9.17) is 14.6 Å². The van der Waals surface area contributed by atoms with Crippen molar-refractivity contribution in [2.24, 2.45) is 5.92 Å². The zero-order chi connectivity index (χ0) is 19.4. The van der Waals surface area contributed by atoms with Gasteiger partial charge in [-0.1, -0.05) is 0 Å². The number of hydrogen-bond donors (Lipinski definition) is 1. The molecule has 1 N–H and O–H groups in total. The molecule has 1 atom stereocenters. The molecule has 1 aliphatic rings. The Labute approximate surface area is 158 Å². The summed E-state index contributed by atoms with van der Waals surface area (Å²) in [6.45, 7) is 0.331. The summed E-state index contributed by atoms with van der Waals surface area (Å²) in [6.07, 6.45) is 1.03. The summed E-state index contributed by atoms with van der Waals surface area (Å²) in [5.74, 6) is 0.197. The number of sulfonamides is 1. The maximum absolute atomic E-state index is 12.8. The third-order valence-corrected chi connectivity index (χ3v) is 6.37. The van der Waals surface area contributed by atoms with E-state index in [0.29, 0.717) is 36.6 Å². The van der Waals surface area contributed by atoms with Crippen molar-refractivity contribution in [2.75, 3.05) is 20.2 Å². The Morgan fingerprint density at radius 1 is 1.04 bits per heavy atom. The highest BCUT2D eigenvalue weighted by Crippen LogP contribution is 2.27. The zero-order valence-electron chi connectivity index (χ0n) is 14.9. The van der Waals surface area contributed by atoms with Crippen molar-refractivity contribution in [3.05, 3.63) is 48.5 Å². The number of hydrogen-bond acceptors (Lipinski definition) is 5. The Morgan fingerprint density at radius 2 is 1.59 bits per heavy atom. The minimum atomic E-state index is -3.73. The summed E-state index contributed by atoms with van der Waals surface area (Å²) in [7, 11) is -2.15. The second-order valence-corrected chi connectivity index (χ2v) is 8.23. The van der Waals surface area contributed by atoms with Crippen molar-refractivity contribution in [2.45, 2.75) is 17.7 Å². The van der Waals surface area contributed by atoms with Gasteiger partial charge in [-0.15, -0.1) is 0 Å². The molecule has 0 aromatic heterocycles. The highest BCUT2D eigenvalue weighted by Gasteiger charge is 2.33. The standard InChI is InChI=1S/C19H21NO6S/c1-25-15-4-6-16(7-5-15)26-17-8-10-18(11-9-17)27(23,24)20-12-2-3-14(13-20)19(21)22/h4-11,14H,2-3,12-13H2,1H3,(H,21,22). The van der Waals surface area contributed by atoms with Crippen LogP contribution in [0.25, 0.3) is 0 Å². The molecule has 1 fully saturated rings. The Kier molecular flexibility index (Phi) is 5.67. The number of methoxy groups -OCH3 is 1. The van der Waals surface area contributed by atoms with Crippen LogP contribution in [0.5, 0.6) is 17.2 Å². The smallest absolute Gasteiger partial charge is 0.307 e. The fourth-order valence-corrected chi connectivity index (χ4v) is 4.49. The molecule has 2 aromatic rings. The fraction of sp³-hybridized carbons (Fsp3) is 0.316. The average molecular weight is 391 g/mol. The molecule has 144 valence electrons. The van der Waals surface area contributed by atoms with Crippen LogP contribution in [-0.4, -0.2) is 44.0 Å². The maximum atomic E-state index is 12.8. The Bertz CT molecular complexity index is 893. The maximum Gasteiger partial charge on any atom is 0.307 e. The van der Waals surface area contributed by atoms with E-state index in [1.165, 1.54) is 16.4 Å². The van der Waals surface area contributed by atoms with Gasteiger partial charge in [0.15, 0.2) is 0 Å². The molecule has 0 bridgehead atoms. The van der Waals surface area contributed by atoms with Gasteiger partial charge in [0.1, 0.15) is 17.2 Å². The fourth-order valence-electron chi connectivity index (χ4n) is 2.97. The van der Waals surface area contributed by atoms with Crippen LogP contribution in [0.1, 0.15) is 12.8 Å². The lowest BCUT2D eigenvalue weighted by molar-refractivity contribution is -0.142. The van der Waals surface area contributed by atoms with E-state index in [1.807, 2.05) is 0 Å². The monoisotopic (exact) mass is 391 g/mol. The van der Waals surface area contributed by atoms with E-state index < -0.39 is 21.9 Å². The summed E-state index contributed by atoms with van der Waals surface area (Å²) >= 11 is 0. The molecule has 1 aliphatic heterocycles. The SMILES string of the molecule is COc1ccc(Oc2ccc(S(=O)(=O)N3CCCC(C(=O)O)C3)cc2)cc1.